The van der Waals surface area contributed by atoms with Crippen LogP contribution in [0.5, 0.6) is 5.75 Å². The molecule has 4 heteroatoms. The zero-order valence-corrected chi connectivity index (χ0v) is 21.3. The summed E-state index contributed by atoms with van der Waals surface area (Å²) in [6.07, 6.45) is 6.50. The number of rotatable bonds is 5. The molecule has 0 aliphatic carbocycles. The van der Waals surface area contributed by atoms with Crippen LogP contribution in [0.4, 0.5) is 5.69 Å². The van der Waals surface area contributed by atoms with Crippen LogP contribution >= 0.6 is 0 Å². The Morgan fingerprint density at radius 2 is 1.65 bits per heavy atom. The van der Waals surface area contributed by atoms with Crippen molar-refractivity contribution in [1.82, 2.24) is 4.90 Å². The Morgan fingerprint density at radius 1 is 0.892 bits per heavy atom. The molecule has 4 aromatic rings. The van der Waals surface area contributed by atoms with E-state index in [2.05, 4.69) is 65.6 Å². The Bertz CT molecular complexity index is 1450. The molecule has 0 atom stereocenters. The molecule has 0 aromatic heterocycles. The lowest BCUT2D eigenvalue weighted by atomic mass is 9.74. The molecule has 1 spiro atoms. The number of methoxy groups -OCH3 is 1. The zero-order chi connectivity index (χ0) is 25.2. The Balaban J connectivity index is 1.23. The number of likely N-dealkylation sites (tertiary alicyclic amines) is 1. The summed E-state index contributed by atoms with van der Waals surface area (Å²) in [7, 11) is 1.71. The SMILES string of the molecule is COc1ccc2c(c1)C1(CCN(CC=Cc3ccccc3)CC1)CN2C(=O)c1ccc2ccccc2c1. The summed E-state index contributed by atoms with van der Waals surface area (Å²) in [4.78, 5) is 18.4. The molecular weight excluding hydrogens is 456 g/mol. The third-order valence-electron chi connectivity index (χ3n) is 8.05. The van der Waals surface area contributed by atoms with Crippen LogP contribution in [0.2, 0.25) is 0 Å². The van der Waals surface area contributed by atoms with Crippen molar-refractivity contribution < 1.29 is 9.53 Å². The van der Waals surface area contributed by atoms with Crippen molar-refractivity contribution in [2.45, 2.75) is 18.3 Å². The molecule has 1 saturated heterocycles. The van der Waals surface area contributed by atoms with E-state index in [1.54, 1.807) is 7.11 Å². The van der Waals surface area contributed by atoms with Gasteiger partial charge in [0.15, 0.2) is 0 Å². The van der Waals surface area contributed by atoms with Gasteiger partial charge < -0.3 is 9.64 Å². The molecule has 0 N–H and O–H groups in total. The molecule has 186 valence electrons. The first kappa shape index (κ1) is 23.5. The quantitative estimate of drug-likeness (QED) is 0.319. The number of fused-ring (bicyclic) bond motifs is 3. The highest BCUT2D eigenvalue weighted by Crippen LogP contribution is 2.48. The van der Waals surface area contributed by atoms with Crippen LogP contribution in [-0.4, -0.2) is 44.1 Å². The standard InChI is InChI=1S/C33H32N2O2/c1-37-29-15-16-31-30(23-29)33(17-20-34(21-18-33)19-7-10-25-8-3-2-4-9-25)24-35(31)32(36)28-14-13-26-11-5-6-12-27(26)22-28/h2-16,22-23H,17-21,24H2,1H3. The summed E-state index contributed by atoms with van der Waals surface area (Å²) in [5.74, 6) is 0.925. The summed E-state index contributed by atoms with van der Waals surface area (Å²) in [6, 6.07) is 30.9. The van der Waals surface area contributed by atoms with Gasteiger partial charge in [-0.1, -0.05) is 72.8 Å². The van der Waals surface area contributed by atoms with Crippen molar-refractivity contribution in [2.75, 3.05) is 38.2 Å². The molecule has 1 amide bonds. The van der Waals surface area contributed by atoms with Crippen molar-refractivity contribution in [2.24, 2.45) is 0 Å². The molecule has 4 aromatic carbocycles. The van der Waals surface area contributed by atoms with Gasteiger partial charge in [0.25, 0.3) is 5.91 Å². The van der Waals surface area contributed by atoms with Gasteiger partial charge in [-0.2, -0.15) is 0 Å². The first-order chi connectivity index (χ1) is 18.1. The monoisotopic (exact) mass is 488 g/mol. The maximum Gasteiger partial charge on any atom is 0.258 e. The van der Waals surface area contributed by atoms with Crippen LogP contribution < -0.4 is 9.64 Å². The van der Waals surface area contributed by atoms with E-state index in [1.165, 1.54) is 11.1 Å². The minimum atomic E-state index is -0.0456. The Hall–Kier alpha value is -3.89. The van der Waals surface area contributed by atoms with E-state index in [9.17, 15) is 4.79 Å². The van der Waals surface area contributed by atoms with Gasteiger partial charge in [-0.3, -0.25) is 9.69 Å². The predicted molar refractivity (Wildman–Crippen MR) is 151 cm³/mol. The van der Waals surface area contributed by atoms with E-state index in [4.69, 9.17) is 4.74 Å². The van der Waals surface area contributed by atoms with Gasteiger partial charge >= 0.3 is 0 Å². The molecule has 2 aliphatic heterocycles. The molecule has 2 heterocycles. The number of anilines is 1. The lowest BCUT2D eigenvalue weighted by Gasteiger charge is -2.39. The van der Waals surface area contributed by atoms with Crippen LogP contribution in [0.3, 0.4) is 0 Å². The molecule has 0 saturated carbocycles. The van der Waals surface area contributed by atoms with Crippen molar-refractivity contribution in [3.8, 4) is 5.75 Å². The molecule has 0 bridgehead atoms. The Kier molecular flexibility index (Phi) is 6.27. The van der Waals surface area contributed by atoms with Crippen molar-refractivity contribution in [1.29, 1.82) is 0 Å². The highest BCUT2D eigenvalue weighted by atomic mass is 16.5. The second-order valence-electron chi connectivity index (χ2n) is 10.2. The fraction of sp³-hybridized carbons (Fsp3) is 0.242. The second kappa shape index (κ2) is 9.87. The van der Waals surface area contributed by atoms with Gasteiger partial charge in [-0.05, 0) is 78.2 Å². The number of hydrogen-bond acceptors (Lipinski definition) is 3. The third kappa shape index (κ3) is 4.54. The third-order valence-corrected chi connectivity index (χ3v) is 8.05. The average molecular weight is 489 g/mol. The smallest absolute Gasteiger partial charge is 0.258 e. The summed E-state index contributed by atoms with van der Waals surface area (Å²) in [6.45, 7) is 3.67. The number of ether oxygens (including phenoxy) is 1. The minimum Gasteiger partial charge on any atom is -0.497 e. The number of benzene rings is 4. The van der Waals surface area contributed by atoms with Crippen LogP contribution in [0.25, 0.3) is 16.8 Å². The molecule has 2 aliphatic rings. The van der Waals surface area contributed by atoms with Crippen LogP contribution in [0.15, 0.2) is 97.1 Å². The molecular formula is C33H32N2O2. The summed E-state index contributed by atoms with van der Waals surface area (Å²) < 4.78 is 5.60. The van der Waals surface area contributed by atoms with E-state index in [0.29, 0.717) is 0 Å². The summed E-state index contributed by atoms with van der Waals surface area (Å²) >= 11 is 0. The lowest BCUT2D eigenvalue weighted by molar-refractivity contribution is 0.0978. The highest BCUT2D eigenvalue weighted by Gasteiger charge is 2.46. The topological polar surface area (TPSA) is 32.8 Å². The molecule has 4 nitrogen and oxygen atoms in total. The maximum atomic E-state index is 13.8. The molecule has 37 heavy (non-hydrogen) atoms. The van der Waals surface area contributed by atoms with Gasteiger partial charge in [0.05, 0.1) is 7.11 Å². The normalized spacial score (nSPS) is 16.9. The predicted octanol–water partition coefficient (Wildman–Crippen LogP) is 6.56. The van der Waals surface area contributed by atoms with Gasteiger partial charge in [0, 0.05) is 29.8 Å². The van der Waals surface area contributed by atoms with Gasteiger partial charge in [-0.25, -0.2) is 0 Å². The molecule has 0 unspecified atom stereocenters. The van der Waals surface area contributed by atoms with Crippen LogP contribution in [-0.2, 0) is 5.41 Å². The van der Waals surface area contributed by atoms with Gasteiger partial charge in [0.2, 0.25) is 0 Å². The fourth-order valence-electron chi connectivity index (χ4n) is 5.93. The zero-order valence-electron chi connectivity index (χ0n) is 21.3. The number of carbonyl (C=O) groups excluding carboxylic acids is 1. The second-order valence-corrected chi connectivity index (χ2v) is 10.2. The average Bonchev–Trinajstić information content (AvgIpc) is 3.27. The van der Waals surface area contributed by atoms with Gasteiger partial charge in [-0.15, -0.1) is 0 Å². The minimum absolute atomic E-state index is 0.0456. The number of nitrogens with zero attached hydrogens (tertiary/aromatic N) is 2. The lowest BCUT2D eigenvalue weighted by Crippen LogP contribution is -2.46. The first-order valence-electron chi connectivity index (χ1n) is 13.1. The van der Waals surface area contributed by atoms with E-state index in [0.717, 1.165) is 66.8 Å². The number of hydrogen-bond donors (Lipinski definition) is 0. The molecule has 6 rings (SSSR count). The van der Waals surface area contributed by atoms with E-state index in [1.807, 2.05) is 47.4 Å². The summed E-state index contributed by atoms with van der Waals surface area (Å²) in [5.41, 5.74) is 4.20. The maximum absolute atomic E-state index is 13.8. The summed E-state index contributed by atoms with van der Waals surface area (Å²) in [5, 5.41) is 2.24. The van der Waals surface area contributed by atoms with Crippen LogP contribution in [0, 0.1) is 0 Å². The van der Waals surface area contributed by atoms with Gasteiger partial charge in [0.1, 0.15) is 5.75 Å². The van der Waals surface area contributed by atoms with Crippen molar-refractivity contribution >= 4 is 28.4 Å². The highest BCUT2D eigenvalue weighted by molar-refractivity contribution is 6.09. The van der Waals surface area contributed by atoms with Crippen molar-refractivity contribution in [3.05, 3.63) is 114 Å². The number of piperidine rings is 1. The van der Waals surface area contributed by atoms with E-state index >= 15 is 0 Å². The van der Waals surface area contributed by atoms with Crippen molar-refractivity contribution in [3.63, 3.8) is 0 Å². The van der Waals surface area contributed by atoms with Crippen LogP contribution in [0.1, 0.15) is 34.3 Å². The number of carbonyl (C=O) groups is 1. The Labute approximate surface area is 218 Å². The molecule has 1 fully saturated rings. The fourth-order valence-corrected chi connectivity index (χ4v) is 5.93. The number of amides is 1. The Morgan fingerprint density at radius 3 is 2.43 bits per heavy atom. The van der Waals surface area contributed by atoms with E-state index < -0.39 is 0 Å². The first-order valence-corrected chi connectivity index (χ1v) is 13.1. The molecule has 0 radical (unpaired) electrons. The largest absolute Gasteiger partial charge is 0.497 e. The van der Waals surface area contributed by atoms with E-state index in [-0.39, 0.29) is 11.3 Å².